The number of nitrogens with one attached hydrogen (secondary N) is 2. The summed E-state index contributed by atoms with van der Waals surface area (Å²) in [6, 6.07) is 0.425. The number of halogens is 1. The Bertz CT molecular complexity index is 589. The Kier molecular flexibility index (Phi) is 11.0. The van der Waals surface area contributed by atoms with Crippen LogP contribution in [0.2, 0.25) is 0 Å². The average Bonchev–Trinajstić information content (AvgIpc) is 3.35. The minimum absolute atomic E-state index is 0. The Morgan fingerprint density at radius 3 is 2.79 bits per heavy atom. The first-order valence-corrected chi connectivity index (χ1v) is 10.9. The minimum Gasteiger partial charge on any atom is -0.381 e. The van der Waals surface area contributed by atoms with E-state index >= 15 is 0 Å². The number of aryl methyl sites for hydroxylation is 1. The third-order valence-electron chi connectivity index (χ3n) is 5.10. The van der Waals surface area contributed by atoms with Gasteiger partial charge in [0, 0.05) is 62.2 Å². The van der Waals surface area contributed by atoms with Crippen molar-refractivity contribution in [2.75, 3.05) is 59.2 Å². The van der Waals surface area contributed by atoms with Gasteiger partial charge in [0.05, 0.1) is 31.4 Å². The number of ether oxygens (including phenoxy) is 2. The lowest BCUT2D eigenvalue weighted by Crippen LogP contribution is -2.49. The smallest absolute Gasteiger partial charge is 0.191 e. The predicted octanol–water partition coefficient (Wildman–Crippen LogP) is 1.90. The standard InChI is InChI=1S/C19H33N5O2S.HI/c1-3-20-19(21-6-4-18-22-12-15(2)27-18)23-13-17(16-5-9-26-14-16)24-7-10-25-11-8-24;/h12,16-17H,3-11,13-14H2,1-2H3,(H2,20,21,23);1H. The Morgan fingerprint density at radius 1 is 1.32 bits per heavy atom. The van der Waals surface area contributed by atoms with Crippen LogP contribution in [0.15, 0.2) is 11.2 Å². The number of hydrogen-bond donors (Lipinski definition) is 2. The molecular weight excluding hydrogens is 489 g/mol. The molecule has 7 nitrogen and oxygen atoms in total. The second-order valence-electron chi connectivity index (χ2n) is 7.10. The molecule has 0 amide bonds. The van der Waals surface area contributed by atoms with Crippen LogP contribution in [0.5, 0.6) is 0 Å². The number of aliphatic imine (C=N–C) groups is 1. The Morgan fingerprint density at radius 2 is 2.14 bits per heavy atom. The first-order valence-electron chi connectivity index (χ1n) is 10.1. The average molecular weight is 523 g/mol. The fourth-order valence-corrected chi connectivity index (χ4v) is 4.45. The summed E-state index contributed by atoms with van der Waals surface area (Å²) in [6.45, 7) is 12.0. The van der Waals surface area contributed by atoms with E-state index in [1.54, 1.807) is 11.3 Å². The fourth-order valence-electron chi connectivity index (χ4n) is 3.66. The predicted molar refractivity (Wildman–Crippen MR) is 125 cm³/mol. The van der Waals surface area contributed by atoms with Crippen molar-refractivity contribution < 1.29 is 9.47 Å². The molecule has 3 rings (SSSR count). The molecule has 28 heavy (non-hydrogen) atoms. The van der Waals surface area contributed by atoms with E-state index < -0.39 is 0 Å². The third-order valence-corrected chi connectivity index (χ3v) is 6.08. The van der Waals surface area contributed by atoms with Gasteiger partial charge in [0.25, 0.3) is 0 Å². The maximum absolute atomic E-state index is 5.66. The number of morpholine rings is 1. The van der Waals surface area contributed by atoms with Crippen molar-refractivity contribution in [2.24, 2.45) is 10.9 Å². The third kappa shape index (κ3) is 7.40. The summed E-state index contributed by atoms with van der Waals surface area (Å²) < 4.78 is 11.2. The summed E-state index contributed by atoms with van der Waals surface area (Å²) in [5.41, 5.74) is 0. The van der Waals surface area contributed by atoms with Crippen LogP contribution in [0.4, 0.5) is 0 Å². The number of thiazole rings is 1. The lowest BCUT2D eigenvalue weighted by atomic mass is 9.97. The number of guanidine groups is 1. The number of nitrogens with zero attached hydrogens (tertiary/aromatic N) is 3. The second-order valence-corrected chi connectivity index (χ2v) is 8.42. The minimum atomic E-state index is 0. The van der Waals surface area contributed by atoms with Gasteiger partial charge in [-0.25, -0.2) is 4.98 Å². The largest absolute Gasteiger partial charge is 0.381 e. The molecule has 0 aromatic carbocycles. The summed E-state index contributed by atoms with van der Waals surface area (Å²) >= 11 is 1.76. The van der Waals surface area contributed by atoms with Crippen LogP contribution in [0.3, 0.4) is 0 Å². The summed E-state index contributed by atoms with van der Waals surface area (Å²) in [4.78, 5) is 13.1. The summed E-state index contributed by atoms with van der Waals surface area (Å²) in [7, 11) is 0. The zero-order valence-electron chi connectivity index (χ0n) is 17.0. The van der Waals surface area contributed by atoms with E-state index in [2.05, 4.69) is 34.4 Å². The first kappa shape index (κ1) is 23.8. The molecule has 2 N–H and O–H groups in total. The van der Waals surface area contributed by atoms with Crippen molar-refractivity contribution in [1.29, 1.82) is 0 Å². The topological polar surface area (TPSA) is 71.0 Å². The van der Waals surface area contributed by atoms with Crippen LogP contribution < -0.4 is 10.6 Å². The van der Waals surface area contributed by atoms with E-state index in [1.807, 2.05) is 6.20 Å². The second kappa shape index (κ2) is 12.9. The van der Waals surface area contributed by atoms with Crippen molar-refractivity contribution in [1.82, 2.24) is 20.5 Å². The van der Waals surface area contributed by atoms with Crippen LogP contribution in [-0.4, -0.2) is 81.0 Å². The van der Waals surface area contributed by atoms with Crippen LogP contribution in [0.25, 0.3) is 0 Å². The zero-order chi connectivity index (χ0) is 18.9. The fraction of sp³-hybridized carbons (Fsp3) is 0.789. The Labute approximate surface area is 189 Å². The highest BCUT2D eigenvalue weighted by Crippen LogP contribution is 2.22. The van der Waals surface area contributed by atoms with Gasteiger partial charge in [-0.3, -0.25) is 9.89 Å². The molecule has 1 aromatic rings. The van der Waals surface area contributed by atoms with Crippen LogP contribution in [0.1, 0.15) is 23.2 Å². The molecule has 9 heteroatoms. The highest BCUT2D eigenvalue weighted by molar-refractivity contribution is 14.0. The van der Waals surface area contributed by atoms with E-state index in [9.17, 15) is 0 Å². The van der Waals surface area contributed by atoms with Gasteiger partial charge in [-0.2, -0.15) is 0 Å². The number of hydrogen-bond acceptors (Lipinski definition) is 6. The zero-order valence-corrected chi connectivity index (χ0v) is 20.1. The molecule has 3 heterocycles. The molecule has 2 saturated heterocycles. The molecule has 2 aliphatic rings. The van der Waals surface area contributed by atoms with E-state index in [0.29, 0.717) is 12.0 Å². The van der Waals surface area contributed by atoms with Gasteiger partial charge in [0.15, 0.2) is 5.96 Å². The van der Waals surface area contributed by atoms with Crippen molar-refractivity contribution >= 4 is 41.3 Å². The van der Waals surface area contributed by atoms with E-state index in [4.69, 9.17) is 14.5 Å². The molecule has 0 aliphatic carbocycles. The van der Waals surface area contributed by atoms with Crippen molar-refractivity contribution in [2.45, 2.75) is 32.7 Å². The van der Waals surface area contributed by atoms with Crippen LogP contribution in [-0.2, 0) is 15.9 Å². The molecule has 0 spiro atoms. The van der Waals surface area contributed by atoms with Gasteiger partial charge < -0.3 is 20.1 Å². The molecule has 1 aromatic heterocycles. The molecule has 0 radical (unpaired) electrons. The van der Waals surface area contributed by atoms with Crippen LogP contribution >= 0.6 is 35.3 Å². The summed E-state index contributed by atoms with van der Waals surface area (Å²) in [5.74, 6) is 1.45. The molecule has 160 valence electrons. The highest BCUT2D eigenvalue weighted by Gasteiger charge is 2.31. The SMILES string of the molecule is CCNC(=NCC(C1CCOC1)N1CCOCC1)NCCc1ncc(C)s1.I. The quantitative estimate of drug-likeness (QED) is 0.308. The highest BCUT2D eigenvalue weighted by atomic mass is 127. The molecular formula is C19H34IN5O2S. The van der Waals surface area contributed by atoms with Crippen LogP contribution in [0, 0.1) is 12.8 Å². The van der Waals surface area contributed by atoms with Gasteiger partial charge in [-0.1, -0.05) is 0 Å². The molecule has 0 saturated carbocycles. The van der Waals surface area contributed by atoms with Gasteiger partial charge >= 0.3 is 0 Å². The van der Waals surface area contributed by atoms with Crippen molar-refractivity contribution in [3.05, 3.63) is 16.1 Å². The van der Waals surface area contributed by atoms with Gasteiger partial charge in [0.2, 0.25) is 0 Å². The van der Waals surface area contributed by atoms with E-state index in [1.165, 1.54) is 9.88 Å². The monoisotopic (exact) mass is 523 g/mol. The molecule has 2 unspecified atom stereocenters. The number of rotatable bonds is 8. The Balaban J connectivity index is 0.00000280. The summed E-state index contributed by atoms with van der Waals surface area (Å²) in [5, 5.41) is 8.00. The number of aromatic nitrogens is 1. The summed E-state index contributed by atoms with van der Waals surface area (Å²) in [6.07, 6.45) is 3.99. The molecule has 2 fully saturated rings. The van der Waals surface area contributed by atoms with Gasteiger partial charge in [0.1, 0.15) is 0 Å². The molecule has 2 atom stereocenters. The molecule has 0 bridgehead atoms. The normalized spacial score (nSPS) is 21.9. The molecule has 2 aliphatic heterocycles. The first-order chi connectivity index (χ1) is 13.3. The van der Waals surface area contributed by atoms with Gasteiger partial charge in [-0.15, -0.1) is 35.3 Å². The maximum atomic E-state index is 5.66. The van der Waals surface area contributed by atoms with E-state index in [-0.39, 0.29) is 24.0 Å². The van der Waals surface area contributed by atoms with Gasteiger partial charge in [-0.05, 0) is 20.3 Å². The van der Waals surface area contributed by atoms with Crippen molar-refractivity contribution in [3.8, 4) is 0 Å². The van der Waals surface area contributed by atoms with Crippen molar-refractivity contribution in [3.63, 3.8) is 0 Å². The maximum Gasteiger partial charge on any atom is 0.191 e. The lowest BCUT2D eigenvalue weighted by Gasteiger charge is -2.36. The Hall–Kier alpha value is -0.490. The van der Waals surface area contributed by atoms with E-state index in [0.717, 1.165) is 78.0 Å². The lowest BCUT2D eigenvalue weighted by molar-refractivity contribution is 0.00368.